The van der Waals surface area contributed by atoms with Gasteiger partial charge in [0.15, 0.2) is 5.75 Å². The number of carbonyl (C=O) groups excluding carboxylic acids is 2. The van der Waals surface area contributed by atoms with Crippen LogP contribution in [0.15, 0.2) is 103 Å². The van der Waals surface area contributed by atoms with Gasteiger partial charge in [0, 0.05) is 30.2 Å². The normalized spacial score (nSPS) is 10.9. The van der Waals surface area contributed by atoms with E-state index in [1.165, 1.54) is 12.1 Å². The SMILES string of the molecule is CCNC(=O)Oc1c(C)c(C(=O)NCc2ccc(F)cc2)c(OC(c2ccccc2)c2ccccc2)c2ncccc12. The smallest absolute Gasteiger partial charge is 0.412 e. The molecule has 0 spiro atoms. The zero-order chi connectivity index (χ0) is 29.5. The first-order chi connectivity index (χ1) is 20.5. The summed E-state index contributed by atoms with van der Waals surface area (Å²) in [5.74, 6) is -0.364. The van der Waals surface area contributed by atoms with E-state index in [2.05, 4.69) is 15.6 Å². The Morgan fingerprint density at radius 3 is 2.10 bits per heavy atom. The van der Waals surface area contributed by atoms with Crippen LogP contribution in [0.2, 0.25) is 0 Å². The molecule has 2 N–H and O–H groups in total. The molecule has 1 aromatic heterocycles. The lowest BCUT2D eigenvalue weighted by Crippen LogP contribution is -2.28. The Morgan fingerprint density at radius 1 is 0.833 bits per heavy atom. The van der Waals surface area contributed by atoms with E-state index in [0.717, 1.165) is 11.1 Å². The molecular formula is C34H30FN3O4. The molecule has 8 heteroatoms. The van der Waals surface area contributed by atoms with Gasteiger partial charge in [-0.3, -0.25) is 9.78 Å². The van der Waals surface area contributed by atoms with Crippen molar-refractivity contribution in [3.63, 3.8) is 0 Å². The van der Waals surface area contributed by atoms with Gasteiger partial charge in [-0.15, -0.1) is 0 Å². The zero-order valence-corrected chi connectivity index (χ0v) is 23.3. The van der Waals surface area contributed by atoms with Crippen molar-refractivity contribution in [2.45, 2.75) is 26.5 Å². The molecule has 0 aliphatic heterocycles. The lowest BCUT2D eigenvalue weighted by molar-refractivity contribution is 0.0944. The van der Waals surface area contributed by atoms with Gasteiger partial charge in [0.1, 0.15) is 23.2 Å². The van der Waals surface area contributed by atoms with Crippen molar-refractivity contribution in [1.29, 1.82) is 0 Å². The number of ether oxygens (including phenoxy) is 2. The minimum Gasteiger partial charge on any atom is -0.478 e. The number of hydrogen-bond acceptors (Lipinski definition) is 5. The zero-order valence-electron chi connectivity index (χ0n) is 23.3. The van der Waals surface area contributed by atoms with Crippen molar-refractivity contribution in [1.82, 2.24) is 15.6 Å². The summed E-state index contributed by atoms with van der Waals surface area (Å²) in [7, 11) is 0. The summed E-state index contributed by atoms with van der Waals surface area (Å²) in [5.41, 5.74) is 3.43. The summed E-state index contributed by atoms with van der Waals surface area (Å²) in [6.07, 6.45) is 0.375. The predicted molar refractivity (Wildman–Crippen MR) is 159 cm³/mol. The molecular weight excluding hydrogens is 533 g/mol. The molecule has 1 heterocycles. The van der Waals surface area contributed by atoms with Crippen LogP contribution in [0.25, 0.3) is 10.9 Å². The molecule has 7 nitrogen and oxygen atoms in total. The Kier molecular flexibility index (Phi) is 8.72. The van der Waals surface area contributed by atoms with Crippen molar-refractivity contribution in [3.8, 4) is 11.5 Å². The summed E-state index contributed by atoms with van der Waals surface area (Å²) >= 11 is 0. The number of aromatic nitrogens is 1. The number of pyridine rings is 1. The summed E-state index contributed by atoms with van der Waals surface area (Å²) < 4.78 is 26.0. The Morgan fingerprint density at radius 2 is 1.48 bits per heavy atom. The molecule has 0 saturated carbocycles. The van der Waals surface area contributed by atoms with Gasteiger partial charge in [-0.25, -0.2) is 9.18 Å². The maximum Gasteiger partial charge on any atom is 0.412 e. The van der Waals surface area contributed by atoms with Crippen molar-refractivity contribution >= 4 is 22.9 Å². The van der Waals surface area contributed by atoms with E-state index in [-0.39, 0.29) is 29.4 Å². The third-order valence-electron chi connectivity index (χ3n) is 6.76. The van der Waals surface area contributed by atoms with E-state index in [1.807, 2.05) is 60.7 Å². The highest BCUT2D eigenvalue weighted by Gasteiger charge is 2.29. The molecule has 212 valence electrons. The average molecular weight is 564 g/mol. The Bertz CT molecular complexity index is 1650. The lowest BCUT2D eigenvalue weighted by Gasteiger charge is -2.25. The second-order valence-corrected chi connectivity index (χ2v) is 9.61. The van der Waals surface area contributed by atoms with Crippen LogP contribution in [0.4, 0.5) is 9.18 Å². The third kappa shape index (κ3) is 6.23. The minimum atomic E-state index is -0.650. The highest BCUT2D eigenvalue weighted by atomic mass is 19.1. The molecule has 0 fully saturated rings. The standard InChI is InChI=1S/C34H30FN3O4/c1-3-36-34(40)42-30-22(2)28(33(39)38-21-23-16-18-26(35)19-17-23)32(29-27(30)15-10-20-37-29)41-31(24-11-6-4-7-12-24)25-13-8-5-9-14-25/h4-20,31H,3,21H2,1-2H3,(H,36,40)(H,38,39). The highest BCUT2D eigenvalue weighted by molar-refractivity contribution is 6.07. The fraction of sp³-hybridized carbons (Fsp3) is 0.147. The maximum atomic E-state index is 13.9. The average Bonchev–Trinajstić information content (AvgIpc) is 3.02. The summed E-state index contributed by atoms with van der Waals surface area (Å²) in [5, 5.41) is 6.07. The van der Waals surface area contributed by atoms with Crippen LogP contribution in [0.3, 0.4) is 0 Å². The molecule has 0 unspecified atom stereocenters. The number of amides is 2. The number of benzene rings is 4. The molecule has 4 aromatic carbocycles. The number of rotatable bonds is 9. The van der Waals surface area contributed by atoms with Crippen LogP contribution in [0, 0.1) is 12.7 Å². The summed E-state index contributed by atoms with van der Waals surface area (Å²) in [6.45, 7) is 4.01. The van der Waals surface area contributed by atoms with Crippen molar-refractivity contribution in [2.24, 2.45) is 0 Å². The topological polar surface area (TPSA) is 89.5 Å². The molecule has 5 rings (SSSR count). The fourth-order valence-corrected chi connectivity index (χ4v) is 4.74. The van der Waals surface area contributed by atoms with Gasteiger partial charge in [0.25, 0.3) is 5.91 Å². The summed E-state index contributed by atoms with van der Waals surface area (Å²) in [4.78, 5) is 31.1. The highest BCUT2D eigenvalue weighted by Crippen LogP contribution is 2.42. The number of halogens is 1. The van der Waals surface area contributed by atoms with Gasteiger partial charge in [-0.05, 0) is 54.8 Å². The van der Waals surface area contributed by atoms with Gasteiger partial charge in [-0.1, -0.05) is 72.8 Å². The van der Waals surface area contributed by atoms with E-state index in [0.29, 0.717) is 28.6 Å². The predicted octanol–water partition coefficient (Wildman–Crippen LogP) is 6.89. The molecule has 42 heavy (non-hydrogen) atoms. The number of fused-ring (bicyclic) bond motifs is 1. The minimum absolute atomic E-state index is 0.144. The Hall–Kier alpha value is -5.24. The first kappa shape index (κ1) is 28.3. The Labute approximate surface area is 243 Å². The van der Waals surface area contributed by atoms with E-state index in [9.17, 15) is 14.0 Å². The fourth-order valence-electron chi connectivity index (χ4n) is 4.74. The molecule has 0 saturated heterocycles. The first-order valence-corrected chi connectivity index (χ1v) is 13.6. The molecule has 0 aliphatic rings. The number of hydrogen-bond donors (Lipinski definition) is 2. The maximum absolute atomic E-state index is 13.9. The van der Waals surface area contributed by atoms with Crippen LogP contribution >= 0.6 is 0 Å². The molecule has 0 radical (unpaired) electrons. The van der Waals surface area contributed by atoms with Crippen LogP contribution in [-0.2, 0) is 6.54 Å². The van der Waals surface area contributed by atoms with Crippen molar-refractivity contribution in [3.05, 3.63) is 137 Å². The molecule has 2 amide bonds. The van der Waals surface area contributed by atoms with Gasteiger partial charge >= 0.3 is 6.09 Å². The molecule has 5 aromatic rings. The number of nitrogens with zero attached hydrogens (tertiary/aromatic N) is 1. The van der Waals surface area contributed by atoms with Gasteiger partial charge in [0.05, 0.1) is 5.56 Å². The summed E-state index contributed by atoms with van der Waals surface area (Å²) in [6, 6.07) is 28.8. The monoisotopic (exact) mass is 563 g/mol. The van der Waals surface area contributed by atoms with Crippen LogP contribution in [0.1, 0.15) is 45.6 Å². The number of carbonyl (C=O) groups is 2. The molecule has 0 bridgehead atoms. The first-order valence-electron chi connectivity index (χ1n) is 13.6. The largest absolute Gasteiger partial charge is 0.478 e. The van der Waals surface area contributed by atoms with E-state index in [1.54, 1.807) is 44.3 Å². The van der Waals surface area contributed by atoms with E-state index >= 15 is 0 Å². The van der Waals surface area contributed by atoms with Gasteiger partial charge < -0.3 is 20.1 Å². The second kappa shape index (κ2) is 13.0. The molecule has 0 atom stereocenters. The third-order valence-corrected chi connectivity index (χ3v) is 6.76. The van der Waals surface area contributed by atoms with Crippen LogP contribution in [0.5, 0.6) is 11.5 Å². The Balaban J connectivity index is 1.66. The quantitative estimate of drug-likeness (QED) is 0.204. The van der Waals surface area contributed by atoms with Crippen LogP contribution < -0.4 is 20.1 Å². The van der Waals surface area contributed by atoms with Crippen molar-refractivity contribution < 1.29 is 23.5 Å². The van der Waals surface area contributed by atoms with Crippen LogP contribution in [-0.4, -0.2) is 23.5 Å². The van der Waals surface area contributed by atoms with Gasteiger partial charge in [-0.2, -0.15) is 0 Å². The molecule has 0 aliphatic carbocycles. The van der Waals surface area contributed by atoms with E-state index in [4.69, 9.17) is 9.47 Å². The lowest BCUT2D eigenvalue weighted by atomic mass is 9.98. The second-order valence-electron chi connectivity index (χ2n) is 9.61. The van der Waals surface area contributed by atoms with Gasteiger partial charge in [0.2, 0.25) is 0 Å². The van der Waals surface area contributed by atoms with Crippen molar-refractivity contribution in [2.75, 3.05) is 6.54 Å². The van der Waals surface area contributed by atoms with E-state index < -0.39 is 18.1 Å². The number of nitrogens with one attached hydrogen (secondary N) is 2.